The maximum atomic E-state index is 6.24. The first-order valence-corrected chi connectivity index (χ1v) is 13.3. The second-order valence-electron chi connectivity index (χ2n) is 8.59. The van der Waals surface area contributed by atoms with Crippen LogP contribution in [0.25, 0.3) is 21.8 Å². The second kappa shape index (κ2) is 11.6. The first kappa shape index (κ1) is 24.4. The van der Waals surface area contributed by atoms with E-state index in [1.54, 1.807) is 0 Å². The third kappa shape index (κ3) is 6.10. The predicted octanol–water partition coefficient (Wildman–Crippen LogP) is 8.91. The smallest absolute Gasteiger partial charge is 0.133 e. The molecular weight excluding hydrogens is 575 g/mol. The summed E-state index contributed by atoms with van der Waals surface area (Å²) in [4.78, 5) is 9.10. The summed E-state index contributed by atoms with van der Waals surface area (Å²) < 4.78 is 1.09. The van der Waals surface area contributed by atoms with Gasteiger partial charge in [-0.1, -0.05) is 109 Å². The van der Waals surface area contributed by atoms with Crippen LogP contribution in [-0.2, 0) is 12.8 Å². The van der Waals surface area contributed by atoms with Gasteiger partial charge in [0.05, 0.1) is 11.0 Å². The van der Waals surface area contributed by atoms with E-state index in [1.165, 1.54) is 22.1 Å². The highest BCUT2D eigenvalue weighted by Crippen LogP contribution is 2.23. The number of hydrogen-bond acceptors (Lipinski definition) is 2. The summed E-state index contributed by atoms with van der Waals surface area (Å²) in [6, 6.07) is 41.5. The molecule has 2 heterocycles. The molecule has 0 atom stereocenters. The molecule has 0 N–H and O–H groups in total. The molecule has 0 aliphatic carbocycles. The normalized spacial score (nSPS) is 10.7. The maximum Gasteiger partial charge on any atom is 0.133 e. The molecule has 0 saturated heterocycles. The Kier molecular flexibility index (Phi) is 7.89. The zero-order valence-electron chi connectivity index (χ0n) is 19.6. The molecule has 6 aromatic rings. The van der Waals surface area contributed by atoms with Crippen molar-refractivity contribution in [1.29, 1.82) is 0 Å². The van der Waals surface area contributed by atoms with Crippen molar-refractivity contribution in [2.75, 3.05) is 0 Å². The monoisotopic (exact) mass is 598 g/mol. The molecule has 0 bridgehead atoms. The van der Waals surface area contributed by atoms with Gasteiger partial charge in [0.25, 0.3) is 0 Å². The first-order valence-electron chi connectivity index (χ1n) is 11.8. The van der Waals surface area contributed by atoms with Gasteiger partial charge < -0.3 is 0 Å². The Bertz CT molecular complexity index is 1480. The number of rotatable bonds is 4. The molecule has 6 rings (SSSR count). The van der Waals surface area contributed by atoms with Gasteiger partial charge in [-0.2, -0.15) is 0 Å². The molecule has 4 aromatic carbocycles. The molecule has 0 saturated carbocycles. The molecule has 0 amide bonds. The Morgan fingerprint density at radius 3 is 1.56 bits per heavy atom. The number of fused-ring (bicyclic) bond motifs is 2. The lowest BCUT2D eigenvalue weighted by Gasteiger charge is -2.06. The topological polar surface area (TPSA) is 25.8 Å². The number of pyridine rings is 2. The van der Waals surface area contributed by atoms with Gasteiger partial charge in [0.2, 0.25) is 0 Å². The van der Waals surface area contributed by atoms with Crippen LogP contribution in [-0.4, -0.2) is 9.97 Å². The van der Waals surface area contributed by atoms with Crippen molar-refractivity contribution in [2.45, 2.75) is 12.8 Å². The SMILES string of the molecule is Clc1nc2ccccc2cc1Cc1ccccc1.Ic1nc2ccccc2cc1Cc1ccccc1. The van der Waals surface area contributed by atoms with Crippen LogP contribution >= 0.6 is 34.2 Å². The highest BCUT2D eigenvalue weighted by molar-refractivity contribution is 14.1. The number of halogens is 2. The Balaban J connectivity index is 0.000000148. The van der Waals surface area contributed by atoms with Crippen molar-refractivity contribution in [3.63, 3.8) is 0 Å². The van der Waals surface area contributed by atoms with Gasteiger partial charge >= 0.3 is 0 Å². The van der Waals surface area contributed by atoms with E-state index in [0.29, 0.717) is 5.15 Å². The minimum absolute atomic E-state index is 0.595. The highest BCUT2D eigenvalue weighted by Gasteiger charge is 2.06. The van der Waals surface area contributed by atoms with Crippen molar-refractivity contribution >= 4 is 56.0 Å². The van der Waals surface area contributed by atoms with Crippen LogP contribution in [0, 0.1) is 3.70 Å². The number of para-hydroxylation sites is 2. The van der Waals surface area contributed by atoms with Crippen molar-refractivity contribution in [2.24, 2.45) is 0 Å². The number of nitrogens with zero attached hydrogens (tertiary/aromatic N) is 2. The van der Waals surface area contributed by atoms with E-state index in [0.717, 1.165) is 38.5 Å². The summed E-state index contributed by atoms with van der Waals surface area (Å²) in [5.74, 6) is 0. The molecule has 2 aromatic heterocycles. The summed E-state index contributed by atoms with van der Waals surface area (Å²) in [5, 5.41) is 2.94. The van der Waals surface area contributed by atoms with Crippen molar-refractivity contribution < 1.29 is 0 Å². The molecule has 0 spiro atoms. The zero-order chi connectivity index (χ0) is 24.7. The summed E-state index contributed by atoms with van der Waals surface area (Å²) in [5.41, 5.74) is 6.95. The van der Waals surface area contributed by atoms with Crippen molar-refractivity contribution in [3.05, 3.63) is 152 Å². The number of benzene rings is 4. The average Bonchev–Trinajstić information content (AvgIpc) is 2.91. The maximum absolute atomic E-state index is 6.24. The standard InChI is InChI=1S/C16H12ClN.C16H12IN/c2*17-16-14(10-12-6-2-1-3-7-12)11-13-8-4-5-9-15(13)18-16/h2*1-9,11H,10H2. The quantitative estimate of drug-likeness (QED) is 0.150. The third-order valence-corrected chi connectivity index (χ3v) is 7.24. The van der Waals surface area contributed by atoms with E-state index < -0.39 is 0 Å². The molecular formula is C32H24ClIN2. The van der Waals surface area contributed by atoms with Gasteiger partial charge in [-0.05, 0) is 69.1 Å². The van der Waals surface area contributed by atoms with Gasteiger partial charge in [0, 0.05) is 23.6 Å². The largest absolute Gasteiger partial charge is 0.242 e. The molecule has 0 unspecified atom stereocenters. The van der Waals surface area contributed by atoms with Crippen molar-refractivity contribution in [3.8, 4) is 0 Å². The highest BCUT2D eigenvalue weighted by atomic mass is 127. The van der Waals surface area contributed by atoms with Crippen LogP contribution in [0.5, 0.6) is 0 Å². The molecule has 2 nitrogen and oxygen atoms in total. The number of hydrogen-bond donors (Lipinski definition) is 0. The Hall–Kier alpha value is -3.28. The lowest BCUT2D eigenvalue weighted by atomic mass is 10.0. The summed E-state index contributed by atoms with van der Waals surface area (Å²) >= 11 is 8.57. The van der Waals surface area contributed by atoms with E-state index in [1.807, 2.05) is 48.5 Å². The molecule has 0 aliphatic rings. The van der Waals surface area contributed by atoms with Gasteiger partial charge in [0.15, 0.2) is 0 Å². The Morgan fingerprint density at radius 1 is 0.528 bits per heavy atom. The Morgan fingerprint density at radius 2 is 0.972 bits per heavy atom. The molecule has 0 aliphatic heterocycles. The van der Waals surface area contributed by atoms with Gasteiger partial charge in [0.1, 0.15) is 8.85 Å². The fourth-order valence-corrected chi connectivity index (χ4v) is 4.97. The zero-order valence-corrected chi connectivity index (χ0v) is 22.5. The van der Waals surface area contributed by atoms with Gasteiger partial charge in [-0.25, -0.2) is 9.97 Å². The van der Waals surface area contributed by atoms with E-state index in [-0.39, 0.29) is 0 Å². The summed E-state index contributed by atoms with van der Waals surface area (Å²) in [7, 11) is 0. The van der Waals surface area contributed by atoms with Gasteiger partial charge in [-0.15, -0.1) is 0 Å². The van der Waals surface area contributed by atoms with Crippen molar-refractivity contribution in [1.82, 2.24) is 9.97 Å². The van der Waals surface area contributed by atoms with Crippen LogP contribution in [0.15, 0.2) is 121 Å². The first-order chi connectivity index (χ1) is 17.7. The van der Waals surface area contributed by atoms with E-state index in [2.05, 4.69) is 105 Å². The van der Waals surface area contributed by atoms with Crippen LogP contribution < -0.4 is 0 Å². The minimum Gasteiger partial charge on any atom is -0.242 e. The third-order valence-electron chi connectivity index (χ3n) is 5.97. The molecule has 0 fully saturated rings. The van der Waals surface area contributed by atoms with Crippen LogP contribution in [0.3, 0.4) is 0 Å². The fourth-order valence-electron chi connectivity index (χ4n) is 4.15. The molecule has 36 heavy (non-hydrogen) atoms. The average molecular weight is 599 g/mol. The number of aromatic nitrogens is 2. The van der Waals surface area contributed by atoms with Crippen LogP contribution in [0.1, 0.15) is 22.3 Å². The van der Waals surface area contributed by atoms with E-state index in [9.17, 15) is 0 Å². The predicted molar refractivity (Wildman–Crippen MR) is 160 cm³/mol. The second-order valence-corrected chi connectivity index (χ2v) is 9.97. The van der Waals surface area contributed by atoms with Gasteiger partial charge in [-0.3, -0.25) is 0 Å². The molecule has 4 heteroatoms. The minimum atomic E-state index is 0.595. The molecule has 176 valence electrons. The Labute approximate surface area is 230 Å². The summed E-state index contributed by atoms with van der Waals surface area (Å²) in [6.45, 7) is 0. The van der Waals surface area contributed by atoms with Crippen LogP contribution in [0.4, 0.5) is 0 Å². The summed E-state index contributed by atoms with van der Waals surface area (Å²) in [6.07, 6.45) is 1.76. The lowest BCUT2D eigenvalue weighted by Crippen LogP contribution is -1.95. The fraction of sp³-hybridized carbons (Fsp3) is 0.0625. The van der Waals surface area contributed by atoms with E-state index >= 15 is 0 Å². The van der Waals surface area contributed by atoms with E-state index in [4.69, 9.17) is 11.6 Å². The van der Waals surface area contributed by atoms with Crippen LogP contribution in [0.2, 0.25) is 5.15 Å². The lowest BCUT2D eigenvalue weighted by molar-refractivity contribution is 1.14. The molecule has 0 radical (unpaired) electrons.